The Morgan fingerprint density at radius 1 is 0.676 bits per heavy atom. The van der Waals surface area contributed by atoms with Crippen LogP contribution in [-0.4, -0.2) is 95.1 Å². The molecule has 12 heteroatoms. The van der Waals surface area contributed by atoms with Crippen molar-refractivity contribution in [2.75, 3.05) is 26.4 Å². The van der Waals surface area contributed by atoms with Gasteiger partial charge in [-0.25, -0.2) is 9.59 Å². The van der Waals surface area contributed by atoms with Crippen LogP contribution in [0.2, 0.25) is 0 Å². The minimum Gasteiger partial charge on any atom is -0.481 e. The van der Waals surface area contributed by atoms with Crippen molar-refractivity contribution in [2.24, 2.45) is 10.8 Å². The Kier molecular flexibility index (Phi) is 5.32. The monoisotopic (exact) mass is 480 g/mol. The van der Waals surface area contributed by atoms with Gasteiger partial charge in [0.2, 0.25) is 0 Å². The molecule has 4 fully saturated rings. The van der Waals surface area contributed by atoms with Gasteiger partial charge in [-0.2, -0.15) is 0 Å². The summed E-state index contributed by atoms with van der Waals surface area (Å²) in [5.74, 6) is -6.69. The molecule has 1 aliphatic carbocycles. The summed E-state index contributed by atoms with van der Waals surface area (Å²) >= 11 is 0. The average Bonchev–Trinajstić information content (AvgIpc) is 3.59. The maximum Gasteiger partial charge on any atom is 0.336 e. The third-order valence-corrected chi connectivity index (χ3v) is 7.29. The standard InChI is InChI=1S/C22H24O12/c23-17(24)15-13(1-9-5-31-9)14(2-10-6-32-10)21(19(27)28,3-11-7-33-11)22(20(29)30,4-12-8-34-12)16(15)18(25)26/h9-12H,1-8H2,(H,23,24)(H,25,26)(H,27,28)(H,29,30). The number of ether oxygens (including phenoxy) is 4. The minimum atomic E-state index is -2.61. The molecule has 6 atom stereocenters. The zero-order valence-corrected chi connectivity index (χ0v) is 18.0. The van der Waals surface area contributed by atoms with E-state index in [0.29, 0.717) is 13.2 Å². The van der Waals surface area contributed by atoms with Crippen LogP contribution >= 0.6 is 0 Å². The van der Waals surface area contributed by atoms with Gasteiger partial charge in [-0.15, -0.1) is 0 Å². The smallest absolute Gasteiger partial charge is 0.336 e. The second-order valence-corrected chi connectivity index (χ2v) is 9.38. The molecule has 0 aromatic rings. The molecular weight excluding hydrogens is 456 g/mol. The van der Waals surface area contributed by atoms with E-state index in [2.05, 4.69) is 0 Å². The van der Waals surface area contributed by atoms with Crippen molar-refractivity contribution in [3.05, 3.63) is 22.3 Å². The van der Waals surface area contributed by atoms with Crippen LogP contribution < -0.4 is 0 Å². The molecule has 12 nitrogen and oxygen atoms in total. The lowest BCUT2D eigenvalue weighted by Crippen LogP contribution is -2.60. The van der Waals surface area contributed by atoms with Gasteiger partial charge in [0.15, 0.2) is 0 Å². The first-order valence-corrected chi connectivity index (χ1v) is 11.0. The molecule has 0 amide bonds. The first-order valence-electron chi connectivity index (χ1n) is 11.0. The molecule has 6 unspecified atom stereocenters. The van der Waals surface area contributed by atoms with Crippen molar-refractivity contribution < 1.29 is 58.6 Å². The Balaban J connectivity index is 1.88. The molecular formula is C22H24O12. The SMILES string of the molecule is O=C(O)C1=C(C(=O)O)C(CC2CO2)(C(=O)O)C(CC2CO2)(C(=O)O)C(CC2CO2)=C1CC1CO1. The second kappa shape index (κ2) is 7.87. The summed E-state index contributed by atoms with van der Waals surface area (Å²) in [6, 6.07) is 0. The molecule has 0 spiro atoms. The van der Waals surface area contributed by atoms with Crippen molar-refractivity contribution in [2.45, 2.75) is 50.1 Å². The number of carbonyl (C=O) groups is 4. The maximum atomic E-state index is 13.2. The number of carboxylic acids is 4. The Morgan fingerprint density at radius 3 is 1.50 bits per heavy atom. The summed E-state index contributed by atoms with van der Waals surface area (Å²) in [4.78, 5) is 51.5. The molecule has 0 aromatic carbocycles. The normalized spacial score (nSPS) is 37.9. The van der Waals surface area contributed by atoms with Crippen molar-refractivity contribution in [1.29, 1.82) is 0 Å². The van der Waals surface area contributed by atoms with E-state index in [1.54, 1.807) is 0 Å². The molecule has 0 radical (unpaired) electrons. The van der Waals surface area contributed by atoms with Gasteiger partial charge in [0.1, 0.15) is 10.8 Å². The lowest BCUT2D eigenvalue weighted by atomic mass is 9.47. The lowest BCUT2D eigenvalue weighted by molar-refractivity contribution is -0.172. The summed E-state index contributed by atoms with van der Waals surface area (Å²) in [7, 11) is 0. The van der Waals surface area contributed by atoms with Crippen LogP contribution in [0.4, 0.5) is 0 Å². The minimum absolute atomic E-state index is 0.000426. The number of aliphatic carboxylic acids is 4. The van der Waals surface area contributed by atoms with Crippen molar-refractivity contribution in [3.63, 3.8) is 0 Å². The fraction of sp³-hybridized carbons (Fsp3) is 0.636. The van der Waals surface area contributed by atoms with E-state index in [0.717, 1.165) is 0 Å². The van der Waals surface area contributed by atoms with Gasteiger partial charge in [-0.3, -0.25) is 9.59 Å². The van der Waals surface area contributed by atoms with Gasteiger partial charge < -0.3 is 39.4 Å². The summed E-state index contributed by atoms with van der Waals surface area (Å²) in [5, 5.41) is 41.8. The van der Waals surface area contributed by atoms with Crippen molar-refractivity contribution >= 4 is 23.9 Å². The molecule has 4 saturated heterocycles. The van der Waals surface area contributed by atoms with Crippen molar-refractivity contribution in [1.82, 2.24) is 0 Å². The van der Waals surface area contributed by atoms with Gasteiger partial charge in [0, 0.05) is 6.42 Å². The predicted molar refractivity (Wildman–Crippen MR) is 107 cm³/mol. The number of epoxide rings is 4. The largest absolute Gasteiger partial charge is 0.481 e. The molecule has 5 aliphatic rings. The molecule has 4 N–H and O–H groups in total. The number of rotatable bonds is 12. The third-order valence-electron chi connectivity index (χ3n) is 7.29. The van der Waals surface area contributed by atoms with Crippen LogP contribution in [0.15, 0.2) is 22.3 Å². The van der Waals surface area contributed by atoms with Crippen LogP contribution in [-0.2, 0) is 38.1 Å². The third kappa shape index (κ3) is 3.61. The Morgan fingerprint density at radius 2 is 1.12 bits per heavy atom. The molecule has 4 heterocycles. The quantitative estimate of drug-likeness (QED) is 0.274. The Bertz CT molecular complexity index is 1030. The molecule has 34 heavy (non-hydrogen) atoms. The predicted octanol–water partition coefficient (Wildman–Crippen LogP) is 0.0600. The summed E-state index contributed by atoms with van der Waals surface area (Å²) in [6.07, 6.45) is -3.06. The molecule has 0 saturated carbocycles. The highest BCUT2D eigenvalue weighted by molar-refractivity contribution is 6.11. The van der Waals surface area contributed by atoms with E-state index in [9.17, 15) is 39.6 Å². The fourth-order valence-corrected chi connectivity index (χ4v) is 5.52. The highest BCUT2D eigenvalue weighted by Crippen LogP contribution is 2.64. The van der Waals surface area contributed by atoms with Crippen LogP contribution in [0.5, 0.6) is 0 Å². The van der Waals surface area contributed by atoms with Crippen LogP contribution in [0.25, 0.3) is 0 Å². The number of hydrogen-bond acceptors (Lipinski definition) is 8. The van der Waals surface area contributed by atoms with Gasteiger partial charge in [0.25, 0.3) is 0 Å². The van der Waals surface area contributed by atoms with Gasteiger partial charge in [-0.1, -0.05) is 0 Å². The number of carboxylic acid groups (broad SMARTS) is 4. The van der Waals surface area contributed by atoms with Gasteiger partial charge in [-0.05, 0) is 30.4 Å². The molecule has 184 valence electrons. The van der Waals surface area contributed by atoms with E-state index >= 15 is 0 Å². The number of hydrogen-bond donors (Lipinski definition) is 4. The van der Waals surface area contributed by atoms with Gasteiger partial charge in [0.05, 0.1) is 62.0 Å². The average molecular weight is 480 g/mol. The molecule has 0 bridgehead atoms. The highest BCUT2D eigenvalue weighted by atomic mass is 16.6. The topological polar surface area (TPSA) is 199 Å². The van der Waals surface area contributed by atoms with E-state index in [-0.39, 0.29) is 43.6 Å². The first kappa shape index (κ1) is 23.0. The summed E-state index contributed by atoms with van der Waals surface area (Å²) in [6.45, 7) is 0.915. The zero-order chi connectivity index (χ0) is 24.4. The zero-order valence-electron chi connectivity index (χ0n) is 18.0. The Hall–Kier alpha value is -2.80. The van der Waals surface area contributed by atoms with E-state index in [4.69, 9.17) is 18.9 Å². The molecule has 5 rings (SSSR count). The molecule has 0 aromatic heterocycles. The van der Waals surface area contributed by atoms with Crippen LogP contribution in [0, 0.1) is 10.8 Å². The lowest BCUT2D eigenvalue weighted by Gasteiger charge is -2.50. The fourth-order valence-electron chi connectivity index (χ4n) is 5.52. The maximum absolute atomic E-state index is 13.2. The van der Waals surface area contributed by atoms with E-state index in [1.165, 1.54) is 0 Å². The van der Waals surface area contributed by atoms with E-state index in [1.807, 2.05) is 0 Å². The van der Waals surface area contributed by atoms with Crippen molar-refractivity contribution in [3.8, 4) is 0 Å². The van der Waals surface area contributed by atoms with Crippen LogP contribution in [0.1, 0.15) is 25.7 Å². The summed E-state index contributed by atoms with van der Waals surface area (Å²) in [5.41, 5.74) is -6.45. The summed E-state index contributed by atoms with van der Waals surface area (Å²) < 4.78 is 21.1. The van der Waals surface area contributed by atoms with Gasteiger partial charge >= 0.3 is 23.9 Å². The van der Waals surface area contributed by atoms with E-state index < -0.39 is 76.7 Å². The Labute approximate surface area is 192 Å². The molecule has 4 aliphatic heterocycles. The van der Waals surface area contributed by atoms with Crippen LogP contribution in [0.3, 0.4) is 0 Å². The second-order valence-electron chi connectivity index (χ2n) is 9.38. The first-order chi connectivity index (χ1) is 16.1. The highest BCUT2D eigenvalue weighted by Gasteiger charge is 2.72.